The third-order valence-electron chi connectivity index (χ3n) is 5.09. The topological polar surface area (TPSA) is 67.9 Å². The van der Waals surface area contributed by atoms with Crippen molar-refractivity contribution in [3.05, 3.63) is 56.4 Å². The van der Waals surface area contributed by atoms with Gasteiger partial charge in [0.15, 0.2) is 18.1 Å². The Labute approximate surface area is 224 Å². The van der Waals surface area contributed by atoms with Gasteiger partial charge >= 0.3 is 0 Å². The number of aryl methyl sites for hydroxylation is 2. The molecule has 2 amide bonds. The van der Waals surface area contributed by atoms with Crippen LogP contribution in [0.3, 0.4) is 0 Å². The smallest absolute Gasteiger partial charge is 0.266 e. The zero-order chi connectivity index (χ0) is 25.5. The van der Waals surface area contributed by atoms with Crippen LogP contribution in [0.4, 0.5) is 5.69 Å². The van der Waals surface area contributed by atoms with E-state index in [9.17, 15) is 9.59 Å². The van der Waals surface area contributed by atoms with Crippen LogP contribution in [-0.2, 0) is 9.59 Å². The number of amides is 2. The summed E-state index contributed by atoms with van der Waals surface area (Å²) in [6.45, 7) is 8.78. The fraction of sp³-hybridized carbons (Fsp3) is 0.346. The summed E-state index contributed by atoms with van der Waals surface area (Å²) in [6, 6.07) is 9.49. The van der Waals surface area contributed by atoms with Crippen LogP contribution in [-0.4, -0.2) is 40.8 Å². The molecule has 1 heterocycles. The summed E-state index contributed by atoms with van der Waals surface area (Å²) >= 11 is 10.2. The molecule has 1 aliphatic heterocycles. The molecule has 2 aromatic rings. The maximum absolute atomic E-state index is 12.8. The zero-order valence-corrected chi connectivity index (χ0v) is 23.5. The molecule has 1 saturated heterocycles. The van der Waals surface area contributed by atoms with Crippen LogP contribution in [0.25, 0.3) is 6.08 Å². The standard InChI is InChI=1S/C26H29BrN2O4S2/c1-5-7-8-29-25(31)22(35-26(29)34)14-18-12-20(27)24(21(13-18)32-6-2)33-15-23(30)28-19-10-16(3)9-17(4)11-19/h9-14H,5-8,15H2,1-4H3,(H,28,30)/b22-14-. The number of halogens is 1. The molecule has 0 spiro atoms. The van der Waals surface area contributed by atoms with Gasteiger partial charge in [-0.2, -0.15) is 0 Å². The molecule has 2 aromatic carbocycles. The average molecular weight is 578 g/mol. The lowest BCUT2D eigenvalue weighted by molar-refractivity contribution is -0.122. The largest absolute Gasteiger partial charge is 0.490 e. The third kappa shape index (κ3) is 7.32. The first-order valence-corrected chi connectivity index (χ1v) is 13.5. The van der Waals surface area contributed by atoms with Crippen LogP contribution in [0.5, 0.6) is 11.5 Å². The molecule has 1 fully saturated rings. The van der Waals surface area contributed by atoms with Crippen LogP contribution < -0.4 is 14.8 Å². The van der Waals surface area contributed by atoms with E-state index < -0.39 is 0 Å². The summed E-state index contributed by atoms with van der Waals surface area (Å²) in [6.07, 6.45) is 3.70. The maximum atomic E-state index is 12.8. The van der Waals surface area contributed by atoms with Crippen molar-refractivity contribution in [2.24, 2.45) is 0 Å². The highest BCUT2D eigenvalue weighted by Gasteiger charge is 2.31. The number of rotatable bonds is 10. The van der Waals surface area contributed by atoms with Gasteiger partial charge in [0.05, 0.1) is 16.0 Å². The summed E-state index contributed by atoms with van der Waals surface area (Å²) in [4.78, 5) is 27.5. The lowest BCUT2D eigenvalue weighted by Gasteiger charge is -2.15. The van der Waals surface area contributed by atoms with Crippen molar-refractivity contribution in [1.82, 2.24) is 4.90 Å². The van der Waals surface area contributed by atoms with Crippen molar-refractivity contribution in [1.29, 1.82) is 0 Å². The molecule has 3 rings (SSSR count). The predicted octanol–water partition coefficient (Wildman–Crippen LogP) is 6.48. The van der Waals surface area contributed by atoms with Crippen LogP contribution in [0, 0.1) is 13.8 Å². The predicted molar refractivity (Wildman–Crippen MR) is 150 cm³/mol. The maximum Gasteiger partial charge on any atom is 0.266 e. The number of anilines is 1. The Morgan fingerprint density at radius 2 is 1.86 bits per heavy atom. The second kappa shape index (κ2) is 12.6. The monoisotopic (exact) mass is 576 g/mol. The molecule has 0 saturated carbocycles. The van der Waals surface area contributed by atoms with Crippen molar-refractivity contribution >= 4 is 67.8 Å². The number of hydrogen-bond acceptors (Lipinski definition) is 6. The summed E-state index contributed by atoms with van der Waals surface area (Å²) < 4.78 is 12.8. The van der Waals surface area contributed by atoms with E-state index in [-0.39, 0.29) is 18.4 Å². The number of carbonyl (C=O) groups excluding carboxylic acids is 2. The Hall–Kier alpha value is -2.36. The number of hydrogen-bond donors (Lipinski definition) is 1. The molecule has 0 aromatic heterocycles. The number of ether oxygens (including phenoxy) is 2. The molecular formula is C26H29BrN2O4S2. The van der Waals surface area contributed by atoms with Crippen molar-refractivity contribution in [3.8, 4) is 11.5 Å². The summed E-state index contributed by atoms with van der Waals surface area (Å²) in [5.41, 5.74) is 3.64. The molecule has 9 heteroatoms. The Balaban J connectivity index is 1.75. The highest BCUT2D eigenvalue weighted by Crippen LogP contribution is 2.39. The second-order valence-corrected chi connectivity index (χ2v) is 10.7. The fourth-order valence-corrected chi connectivity index (χ4v) is 5.50. The Kier molecular flexibility index (Phi) is 9.77. The third-order valence-corrected chi connectivity index (χ3v) is 7.06. The Bertz CT molecular complexity index is 1150. The fourth-order valence-electron chi connectivity index (χ4n) is 3.62. The molecule has 0 radical (unpaired) electrons. The van der Waals surface area contributed by atoms with Gasteiger partial charge in [0.2, 0.25) is 0 Å². The van der Waals surface area contributed by atoms with Crippen LogP contribution in [0.1, 0.15) is 43.4 Å². The molecule has 0 atom stereocenters. The molecule has 1 N–H and O–H groups in total. The van der Waals surface area contributed by atoms with E-state index in [1.54, 1.807) is 17.0 Å². The molecule has 35 heavy (non-hydrogen) atoms. The van der Waals surface area contributed by atoms with Crippen molar-refractivity contribution in [3.63, 3.8) is 0 Å². The molecule has 0 bridgehead atoms. The molecule has 0 unspecified atom stereocenters. The highest BCUT2D eigenvalue weighted by molar-refractivity contribution is 9.10. The lowest BCUT2D eigenvalue weighted by Crippen LogP contribution is -2.28. The molecule has 1 aliphatic rings. The Morgan fingerprint density at radius 1 is 1.14 bits per heavy atom. The Morgan fingerprint density at radius 3 is 2.51 bits per heavy atom. The number of nitrogens with zero attached hydrogens (tertiary/aromatic N) is 1. The number of unbranched alkanes of at least 4 members (excludes halogenated alkanes) is 1. The number of thioether (sulfide) groups is 1. The quantitative estimate of drug-likeness (QED) is 0.258. The first kappa shape index (κ1) is 27.2. The van der Waals surface area contributed by atoms with Crippen molar-refractivity contribution in [2.75, 3.05) is 25.1 Å². The molecule has 6 nitrogen and oxygen atoms in total. The lowest BCUT2D eigenvalue weighted by atomic mass is 10.1. The number of benzene rings is 2. The minimum atomic E-state index is -0.274. The van der Waals surface area contributed by atoms with Gasteiger partial charge in [0.1, 0.15) is 4.32 Å². The van der Waals surface area contributed by atoms with Crippen LogP contribution in [0.15, 0.2) is 39.7 Å². The summed E-state index contributed by atoms with van der Waals surface area (Å²) in [7, 11) is 0. The SMILES string of the molecule is CCCCN1C(=O)/C(=C/c2cc(Br)c(OCC(=O)Nc3cc(C)cc(C)c3)c(OCC)c2)SC1=S. The minimum Gasteiger partial charge on any atom is -0.490 e. The van der Waals surface area contributed by atoms with Crippen LogP contribution >= 0.6 is 39.9 Å². The number of nitrogens with one attached hydrogen (secondary N) is 1. The van der Waals surface area contributed by atoms with Gasteiger partial charge in [-0.05, 0) is 90.2 Å². The number of thiocarbonyl (C=S) groups is 1. The van der Waals surface area contributed by atoms with E-state index in [4.69, 9.17) is 21.7 Å². The van der Waals surface area contributed by atoms with Gasteiger partial charge in [0, 0.05) is 12.2 Å². The summed E-state index contributed by atoms with van der Waals surface area (Å²) in [5, 5.41) is 2.87. The van der Waals surface area contributed by atoms with Crippen LogP contribution in [0.2, 0.25) is 0 Å². The van der Waals surface area contributed by atoms with Gasteiger partial charge in [-0.25, -0.2) is 0 Å². The van der Waals surface area contributed by atoms with Crippen molar-refractivity contribution in [2.45, 2.75) is 40.5 Å². The van der Waals surface area contributed by atoms with Crippen molar-refractivity contribution < 1.29 is 19.1 Å². The molecule has 186 valence electrons. The molecule has 0 aliphatic carbocycles. The van der Waals surface area contributed by atoms with Gasteiger partial charge < -0.3 is 14.8 Å². The van der Waals surface area contributed by atoms with E-state index >= 15 is 0 Å². The normalized spacial score (nSPS) is 14.5. The minimum absolute atomic E-state index is 0.0779. The first-order chi connectivity index (χ1) is 16.7. The van der Waals surface area contributed by atoms with Gasteiger partial charge in [-0.3, -0.25) is 14.5 Å². The second-order valence-electron chi connectivity index (χ2n) is 8.16. The first-order valence-electron chi connectivity index (χ1n) is 11.4. The van der Waals surface area contributed by atoms with E-state index in [2.05, 4.69) is 28.2 Å². The summed E-state index contributed by atoms with van der Waals surface area (Å²) in [5.74, 6) is 0.555. The van der Waals surface area contributed by atoms with E-state index in [0.717, 1.165) is 35.2 Å². The van der Waals surface area contributed by atoms with Gasteiger partial charge in [-0.1, -0.05) is 43.4 Å². The van der Waals surface area contributed by atoms with E-state index in [0.29, 0.717) is 38.3 Å². The average Bonchev–Trinajstić information content (AvgIpc) is 3.03. The highest BCUT2D eigenvalue weighted by atomic mass is 79.9. The van der Waals surface area contributed by atoms with E-state index in [1.165, 1.54) is 11.8 Å². The van der Waals surface area contributed by atoms with Gasteiger partial charge in [-0.15, -0.1) is 0 Å². The number of carbonyl (C=O) groups is 2. The molecular weight excluding hydrogens is 548 g/mol. The van der Waals surface area contributed by atoms with E-state index in [1.807, 2.05) is 45.0 Å². The van der Waals surface area contributed by atoms with Gasteiger partial charge in [0.25, 0.3) is 11.8 Å². The zero-order valence-electron chi connectivity index (χ0n) is 20.3.